The molecule has 1 N–H and O–H groups in total. The predicted octanol–water partition coefficient (Wildman–Crippen LogP) is 4.63. The molecule has 0 aliphatic heterocycles. The van der Waals surface area contributed by atoms with Crippen molar-refractivity contribution >= 4 is 11.3 Å². The Morgan fingerprint density at radius 3 is 2.71 bits per heavy atom. The Morgan fingerprint density at radius 1 is 1.18 bits per heavy atom. The molecule has 1 aromatic rings. The standard InChI is InChI=1S/C15H27NS/c1-3-5-6-7-9-14(16-11-4-2)13-15-10-8-12-17-15/h8,10,12,14,16H,3-7,9,11,13H2,1-2H3. The molecule has 0 radical (unpaired) electrons. The Balaban J connectivity index is 2.26. The summed E-state index contributed by atoms with van der Waals surface area (Å²) in [6.45, 7) is 5.68. The van der Waals surface area contributed by atoms with Crippen molar-refractivity contribution in [3.8, 4) is 0 Å². The van der Waals surface area contributed by atoms with Crippen molar-refractivity contribution in [1.29, 1.82) is 0 Å². The van der Waals surface area contributed by atoms with E-state index < -0.39 is 0 Å². The first kappa shape index (κ1) is 14.7. The summed E-state index contributed by atoms with van der Waals surface area (Å²) in [5.74, 6) is 0. The zero-order chi connectivity index (χ0) is 12.3. The number of hydrogen-bond acceptors (Lipinski definition) is 2. The van der Waals surface area contributed by atoms with E-state index in [1.54, 1.807) is 0 Å². The number of hydrogen-bond donors (Lipinski definition) is 1. The predicted molar refractivity (Wildman–Crippen MR) is 78.9 cm³/mol. The fourth-order valence-corrected chi connectivity index (χ4v) is 2.90. The van der Waals surface area contributed by atoms with Gasteiger partial charge in [-0.05, 0) is 37.3 Å². The molecule has 0 saturated carbocycles. The van der Waals surface area contributed by atoms with Crippen LogP contribution in [-0.2, 0) is 6.42 Å². The third-order valence-electron chi connectivity index (χ3n) is 3.12. The first-order chi connectivity index (χ1) is 8.36. The molecule has 1 unspecified atom stereocenters. The normalized spacial score (nSPS) is 12.8. The van der Waals surface area contributed by atoms with Gasteiger partial charge in [0.25, 0.3) is 0 Å². The molecule has 1 rings (SSSR count). The molecule has 0 bridgehead atoms. The highest BCUT2D eigenvalue weighted by Gasteiger charge is 2.08. The maximum Gasteiger partial charge on any atom is 0.0115 e. The van der Waals surface area contributed by atoms with Gasteiger partial charge in [0.1, 0.15) is 0 Å². The van der Waals surface area contributed by atoms with Crippen LogP contribution in [0.2, 0.25) is 0 Å². The molecule has 1 nitrogen and oxygen atoms in total. The smallest absolute Gasteiger partial charge is 0.0115 e. The quantitative estimate of drug-likeness (QED) is 0.600. The third-order valence-corrected chi connectivity index (χ3v) is 4.02. The summed E-state index contributed by atoms with van der Waals surface area (Å²) < 4.78 is 0. The fraction of sp³-hybridized carbons (Fsp3) is 0.733. The lowest BCUT2D eigenvalue weighted by atomic mass is 10.0. The second-order valence-electron chi connectivity index (χ2n) is 4.78. The van der Waals surface area contributed by atoms with Gasteiger partial charge in [0.2, 0.25) is 0 Å². The van der Waals surface area contributed by atoms with Gasteiger partial charge in [0.15, 0.2) is 0 Å². The minimum Gasteiger partial charge on any atom is -0.314 e. The molecule has 0 aliphatic carbocycles. The molecule has 1 atom stereocenters. The van der Waals surface area contributed by atoms with Crippen LogP contribution in [-0.4, -0.2) is 12.6 Å². The summed E-state index contributed by atoms with van der Waals surface area (Å²) in [7, 11) is 0. The lowest BCUT2D eigenvalue weighted by molar-refractivity contribution is 0.455. The van der Waals surface area contributed by atoms with Crippen LogP contribution in [0.4, 0.5) is 0 Å². The highest BCUT2D eigenvalue weighted by molar-refractivity contribution is 7.09. The molecule has 0 fully saturated rings. The Labute approximate surface area is 111 Å². The average Bonchev–Trinajstić information content (AvgIpc) is 2.84. The molecule has 0 spiro atoms. The van der Waals surface area contributed by atoms with E-state index in [0.717, 1.165) is 6.54 Å². The van der Waals surface area contributed by atoms with E-state index in [1.165, 1.54) is 49.8 Å². The molecule has 0 saturated heterocycles. The highest BCUT2D eigenvalue weighted by Crippen LogP contribution is 2.15. The van der Waals surface area contributed by atoms with Crippen LogP contribution in [0.3, 0.4) is 0 Å². The second kappa shape index (κ2) is 9.67. The Bertz CT molecular complexity index is 256. The number of rotatable bonds is 10. The van der Waals surface area contributed by atoms with Crippen molar-refractivity contribution in [3.63, 3.8) is 0 Å². The van der Waals surface area contributed by atoms with Crippen LogP contribution in [0.25, 0.3) is 0 Å². The van der Waals surface area contributed by atoms with Crippen molar-refractivity contribution in [1.82, 2.24) is 5.32 Å². The Morgan fingerprint density at radius 2 is 2.06 bits per heavy atom. The lowest BCUT2D eigenvalue weighted by Crippen LogP contribution is -2.31. The third kappa shape index (κ3) is 6.85. The molecule has 2 heteroatoms. The second-order valence-corrected chi connectivity index (χ2v) is 5.82. The van der Waals surface area contributed by atoms with Gasteiger partial charge in [-0.1, -0.05) is 45.6 Å². The molecule has 1 aromatic heterocycles. The Hall–Kier alpha value is -0.340. The molecule has 1 heterocycles. The van der Waals surface area contributed by atoms with Gasteiger partial charge in [0.05, 0.1) is 0 Å². The summed E-state index contributed by atoms with van der Waals surface area (Å²) in [6.07, 6.45) is 9.26. The zero-order valence-corrected chi connectivity index (χ0v) is 12.2. The van der Waals surface area contributed by atoms with Gasteiger partial charge in [-0.3, -0.25) is 0 Å². The number of unbranched alkanes of at least 4 members (excludes halogenated alkanes) is 3. The van der Waals surface area contributed by atoms with Gasteiger partial charge in [-0.2, -0.15) is 0 Å². The van der Waals surface area contributed by atoms with Crippen LogP contribution >= 0.6 is 11.3 Å². The van der Waals surface area contributed by atoms with Crippen LogP contribution < -0.4 is 5.32 Å². The van der Waals surface area contributed by atoms with Crippen LogP contribution in [0.15, 0.2) is 17.5 Å². The zero-order valence-electron chi connectivity index (χ0n) is 11.4. The van der Waals surface area contributed by atoms with Crippen molar-refractivity contribution in [2.75, 3.05) is 6.54 Å². The summed E-state index contributed by atoms with van der Waals surface area (Å²) in [4.78, 5) is 1.52. The van der Waals surface area contributed by atoms with Gasteiger partial charge < -0.3 is 5.32 Å². The van der Waals surface area contributed by atoms with Crippen molar-refractivity contribution in [2.45, 2.75) is 64.8 Å². The van der Waals surface area contributed by atoms with Crippen LogP contribution in [0.1, 0.15) is 57.2 Å². The van der Waals surface area contributed by atoms with Gasteiger partial charge >= 0.3 is 0 Å². The largest absolute Gasteiger partial charge is 0.314 e. The molecule has 17 heavy (non-hydrogen) atoms. The minimum atomic E-state index is 0.686. The number of nitrogens with one attached hydrogen (secondary N) is 1. The minimum absolute atomic E-state index is 0.686. The van der Waals surface area contributed by atoms with E-state index in [9.17, 15) is 0 Å². The molecular weight excluding hydrogens is 226 g/mol. The van der Waals surface area contributed by atoms with Crippen molar-refractivity contribution in [3.05, 3.63) is 22.4 Å². The molecule has 0 aromatic carbocycles. The summed E-state index contributed by atoms with van der Waals surface area (Å²) in [6, 6.07) is 5.11. The van der Waals surface area contributed by atoms with E-state index in [2.05, 4.69) is 36.7 Å². The van der Waals surface area contributed by atoms with Gasteiger partial charge in [-0.15, -0.1) is 11.3 Å². The highest BCUT2D eigenvalue weighted by atomic mass is 32.1. The van der Waals surface area contributed by atoms with E-state index in [4.69, 9.17) is 0 Å². The summed E-state index contributed by atoms with van der Waals surface area (Å²) >= 11 is 1.89. The van der Waals surface area contributed by atoms with E-state index >= 15 is 0 Å². The maximum atomic E-state index is 3.69. The van der Waals surface area contributed by atoms with Crippen LogP contribution in [0, 0.1) is 0 Å². The first-order valence-electron chi connectivity index (χ1n) is 7.12. The SMILES string of the molecule is CCCCCCC(Cc1cccs1)NCCC. The van der Waals surface area contributed by atoms with E-state index in [1.807, 2.05) is 11.3 Å². The van der Waals surface area contributed by atoms with Gasteiger partial charge in [0, 0.05) is 10.9 Å². The van der Waals surface area contributed by atoms with Crippen LogP contribution in [0.5, 0.6) is 0 Å². The first-order valence-corrected chi connectivity index (χ1v) is 8.00. The van der Waals surface area contributed by atoms with Crippen molar-refractivity contribution in [2.24, 2.45) is 0 Å². The molecular formula is C15H27NS. The molecule has 0 aliphatic rings. The maximum absolute atomic E-state index is 3.69. The van der Waals surface area contributed by atoms with Crippen molar-refractivity contribution < 1.29 is 0 Å². The van der Waals surface area contributed by atoms with E-state index in [-0.39, 0.29) is 0 Å². The molecule has 98 valence electrons. The number of thiophene rings is 1. The summed E-state index contributed by atoms with van der Waals surface area (Å²) in [5, 5.41) is 5.88. The molecule has 0 amide bonds. The monoisotopic (exact) mass is 253 g/mol. The Kier molecular flexibility index (Phi) is 8.37. The average molecular weight is 253 g/mol. The van der Waals surface area contributed by atoms with Gasteiger partial charge in [-0.25, -0.2) is 0 Å². The topological polar surface area (TPSA) is 12.0 Å². The lowest BCUT2D eigenvalue weighted by Gasteiger charge is -2.17. The summed E-state index contributed by atoms with van der Waals surface area (Å²) in [5.41, 5.74) is 0. The fourth-order valence-electron chi connectivity index (χ4n) is 2.11. The van der Waals surface area contributed by atoms with E-state index in [0.29, 0.717) is 6.04 Å².